The Morgan fingerprint density at radius 1 is 1.24 bits per heavy atom. The van der Waals surface area contributed by atoms with Gasteiger partial charge in [0.1, 0.15) is 5.52 Å². The van der Waals surface area contributed by atoms with Gasteiger partial charge in [-0.3, -0.25) is 10.1 Å². The summed E-state index contributed by atoms with van der Waals surface area (Å²) in [5.74, 6) is 0.362. The first-order chi connectivity index (χ1) is 13.7. The second kappa shape index (κ2) is 8.58. The van der Waals surface area contributed by atoms with Crippen molar-refractivity contribution in [3.05, 3.63) is 12.3 Å². The molecule has 0 aromatic carbocycles. The largest absolute Gasteiger partial charge is 0.366 e. The van der Waals surface area contributed by atoms with Crippen LogP contribution in [-0.2, 0) is 14.6 Å². The summed E-state index contributed by atoms with van der Waals surface area (Å²) in [6, 6.07) is 1.81. The quantitative estimate of drug-likeness (QED) is 0.647. The maximum atomic E-state index is 12.7. The number of rotatable bonds is 6. The molecule has 0 bridgehead atoms. The molecule has 1 saturated carbocycles. The first-order valence-corrected chi connectivity index (χ1v) is 11.7. The standard InChI is InChI=1S/C19H28N6O3S/c1-11(2)22-17-16-13(9-15(23-17)29(4,27)28)10-21-19(24-16)25-18(26)12-6-5-7-14(8-12)20-3/h9-12,14,20H,5-8H2,1-4H3,(H,22,23)(H,21,24,25,26)/t12-,14+/m0/s1. The van der Waals surface area contributed by atoms with E-state index < -0.39 is 9.84 Å². The lowest BCUT2D eigenvalue weighted by atomic mass is 9.85. The Bertz CT molecular complexity index is 1010. The third-order valence-electron chi connectivity index (χ3n) is 5.04. The minimum absolute atomic E-state index is 0.0224. The average Bonchev–Trinajstić information content (AvgIpc) is 2.67. The maximum Gasteiger partial charge on any atom is 0.230 e. The summed E-state index contributed by atoms with van der Waals surface area (Å²) in [6.07, 6.45) is 6.33. The number of nitrogens with one attached hydrogen (secondary N) is 3. The molecule has 2 aromatic rings. The number of carbonyl (C=O) groups excluding carboxylic acids is 1. The van der Waals surface area contributed by atoms with E-state index >= 15 is 0 Å². The number of sulfone groups is 1. The predicted molar refractivity (Wildman–Crippen MR) is 113 cm³/mol. The number of nitrogens with zero attached hydrogens (tertiary/aromatic N) is 3. The van der Waals surface area contributed by atoms with E-state index in [1.165, 1.54) is 12.3 Å². The van der Waals surface area contributed by atoms with Crippen molar-refractivity contribution in [1.29, 1.82) is 0 Å². The van der Waals surface area contributed by atoms with Gasteiger partial charge in [0.25, 0.3) is 0 Å². The van der Waals surface area contributed by atoms with Crippen LogP contribution in [0.1, 0.15) is 39.5 Å². The van der Waals surface area contributed by atoms with E-state index in [0.717, 1.165) is 31.9 Å². The van der Waals surface area contributed by atoms with Gasteiger partial charge in [0.15, 0.2) is 20.7 Å². The van der Waals surface area contributed by atoms with Crippen LogP contribution in [0, 0.1) is 5.92 Å². The highest BCUT2D eigenvalue weighted by Crippen LogP contribution is 2.27. The van der Waals surface area contributed by atoms with Gasteiger partial charge in [-0.25, -0.2) is 23.4 Å². The molecule has 0 radical (unpaired) electrons. The number of fused-ring (bicyclic) bond motifs is 1. The molecule has 3 N–H and O–H groups in total. The lowest BCUT2D eigenvalue weighted by molar-refractivity contribution is -0.121. The molecule has 1 amide bonds. The van der Waals surface area contributed by atoms with Gasteiger partial charge < -0.3 is 10.6 Å². The van der Waals surface area contributed by atoms with Crippen LogP contribution < -0.4 is 16.0 Å². The van der Waals surface area contributed by atoms with Crippen LogP contribution in [0.4, 0.5) is 11.8 Å². The van der Waals surface area contributed by atoms with Gasteiger partial charge in [0, 0.05) is 35.8 Å². The number of aromatic nitrogens is 3. The van der Waals surface area contributed by atoms with Crippen LogP contribution in [0.2, 0.25) is 0 Å². The van der Waals surface area contributed by atoms with Gasteiger partial charge in [0.05, 0.1) is 0 Å². The van der Waals surface area contributed by atoms with Crippen LogP contribution in [0.25, 0.3) is 10.9 Å². The Morgan fingerprint density at radius 2 is 2.00 bits per heavy atom. The van der Waals surface area contributed by atoms with E-state index in [-0.39, 0.29) is 28.8 Å². The molecule has 0 aliphatic heterocycles. The van der Waals surface area contributed by atoms with Gasteiger partial charge in [-0.15, -0.1) is 0 Å². The molecule has 10 heteroatoms. The van der Waals surface area contributed by atoms with Crippen molar-refractivity contribution in [3.8, 4) is 0 Å². The van der Waals surface area contributed by atoms with Crippen LogP contribution in [0.3, 0.4) is 0 Å². The topological polar surface area (TPSA) is 126 Å². The summed E-state index contributed by atoms with van der Waals surface area (Å²) >= 11 is 0. The monoisotopic (exact) mass is 420 g/mol. The summed E-state index contributed by atoms with van der Waals surface area (Å²) in [7, 11) is -1.57. The van der Waals surface area contributed by atoms with E-state index in [1.54, 1.807) is 0 Å². The number of anilines is 2. The molecule has 0 unspecified atom stereocenters. The predicted octanol–water partition coefficient (Wildman–Crippen LogP) is 1.97. The van der Waals surface area contributed by atoms with Crippen molar-refractivity contribution in [2.24, 2.45) is 5.92 Å². The zero-order valence-corrected chi connectivity index (χ0v) is 18.0. The normalized spacial score (nSPS) is 20.0. The van der Waals surface area contributed by atoms with Gasteiger partial charge in [-0.2, -0.15) is 0 Å². The average molecular weight is 421 g/mol. The van der Waals surface area contributed by atoms with Gasteiger partial charge in [-0.1, -0.05) is 6.42 Å². The molecule has 29 heavy (non-hydrogen) atoms. The minimum atomic E-state index is -3.49. The van der Waals surface area contributed by atoms with E-state index in [0.29, 0.717) is 22.8 Å². The van der Waals surface area contributed by atoms with Crippen molar-refractivity contribution in [2.75, 3.05) is 23.9 Å². The third kappa shape index (κ3) is 5.18. The van der Waals surface area contributed by atoms with E-state index in [2.05, 4.69) is 30.9 Å². The fraction of sp³-hybridized carbons (Fsp3) is 0.579. The highest BCUT2D eigenvalue weighted by molar-refractivity contribution is 7.90. The van der Waals surface area contributed by atoms with Crippen molar-refractivity contribution in [2.45, 2.75) is 56.6 Å². The summed E-state index contributed by atoms with van der Waals surface area (Å²) < 4.78 is 23.9. The smallest absolute Gasteiger partial charge is 0.230 e. The number of hydrogen-bond donors (Lipinski definition) is 3. The van der Waals surface area contributed by atoms with Crippen LogP contribution in [0.5, 0.6) is 0 Å². The Labute approximate surface area is 171 Å². The van der Waals surface area contributed by atoms with E-state index in [4.69, 9.17) is 0 Å². The fourth-order valence-corrected chi connectivity index (χ4v) is 4.14. The third-order valence-corrected chi connectivity index (χ3v) is 6.00. The van der Waals surface area contributed by atoms with Crippen LogP contribution >= 0.6 is 0 Å². The molecule has 2 heterocycles. The summed E-state index contributed by atoms with van der Waals surface area (Å²) in [5, 5.41) is 9.67. The summed E-state index contributed by atoms with van der Waals surface area (Å²) in [4.78, 5) is 25.6. The Balaban J connectivity index is 1.91. The SMILES string of the molecule is CN[C@@H]1CCC[C@H](C(=O)Nc2ncc3cc(S(C)(=O)=O)nc(NC(C)C)c3n2)C1. The maximum absolute atomic E-state index is 12.7. The molecule has 158 valence electrons. The Hall–Kier alpha value is -2.33. The summed E-state index contributed by atoms with van der Waals surface area (Å²) in [5.41, 5.74) is 0.466. The number of amides is 1. The lowest BCUT2D eigenvalue weighted by Crippen LogP contribution is -2.36. The second-order valence-electron chi connectivity index (χ2n) is 7.85. The highest BCUT2D eigenvalue weighted by Gasteiger charge is 2.27. The minimum Gasteiger partial charge on any atom is -0.366 e. The van der Waals surface area contributed by atoms with E-state index in [1.807, 2.05) is 20.9 Å². The number of carbonyl (C=O) groups is 1. The van der Waals surface area contributed by atoms with E-state index in [9.17, 15) is 13.2 Å². The molecular weight excluding hydrogens is 392 g/mol. The molecular formula is C19H28N6O3S. The van der Waals surface area contributed by atoms with Gasteiger partial charge in [0.2, 0.25) is 11.9 Å². The number of hydrogen-bond acceptors (Lipinski definition) is 8. The number of pyridine rings is 1. The Morgan fingerprint density at radius 3 is 2.66 bits per heavy atom. The van der Waals surface area contributed by atoms with Crippen molar-refractivity contribution >= 4 is 38.4 Å². The highest BCUT2D eigenvalue weighted by atomic mass is 32.2. The molecule has 2 aromatic heterocycles. The summed E-state index contributed by atoms with van der Waals surface area (Å²) in [6.45, 7) is 3.84. The Kier molecular flexibility index (Phi) is 6.33. The first kappa shape index (κ1) is 21.4. The first-order valence-electron chi connectivity index (χ1n) is 9.80. The molecule has 2 atom stereocenters. The molecule has 1 fully saturated rings. The molecule has 1 aliphatic carbocycles. The van der Waals surface area contributed by atoms with Crippen LogP contribution in [0.15, 0.2) is 17.3 Å². The fourth-order valence-electron chi connectivity index (χ4n) is 3.54. The zero-order valence-electron chi connectivity index (χ0n) is 17.2. The molecule has 9 nitrogen and oxygen atoms in total. The zero-order chi connectivity index (χ0) is 21.2. The van der Waals surface area contributed by atoms with Crippen molar-refractivity contribution < 1.29 is 13.2 Å². The van der Waals surface area contributed by atoms with Crippen molar-refractivity contribution in [3.63, 3.8) is 0 Å². The van der Waals surface area contributed by atoms with Gasteiger partial charge in [-0.05, 0) is 46.2 Å². The molecule has 0 spiro atoms. The molecule has 1 aliphatic rings. The van der Waals surface area contributed by atoms with Gasteiger partial charge >= 0.3 is 0 Å². The lowest BCUT2D eigenvalue weighted by Gasteiger charge is -2.27. The van der Waals surface area contributed by atoms with Crippen molar-refractivity contribution in [1.82, 2.24) is 20.3 Å². The second-order valence-corrected chi connectivity index (χ2v) is 9.81. The molecule has 3 rings (SSSR count). The molecule has 0 saturated heterocycles. The van der Waals surface area contributed by atoms with Crippen LogP contribution in [-0.4, -0.2) is 54.7 Å².